The molecule has 3 N–H and O–H groups in total. The first-order valence-electron chi connectivity index (χ1n) is 8.02. The molecule has 0 heterocycles. The van der Waals surface area contributed by atoms with E-state index < -0.39 is 12.0 Å². The highest BCUT2D eigenvalue weighted by Gasteiger charge is 2.12. The average molecular weight is 333 g/mol. The number of hydrogen-bond donors (Lipinski definition) is 2. The number of hydrogen-bond acceptors (Lipinski definition) is 3. The molecule has 0 saturated heterocycles. The predicted molar refractivity (Wildman–Crippen MR) is 97.7 cm³/mol. The van der Waals surface area contributed by atoms with Crippen LogP contribution in [0.4, 0.5) is 0 Å². The van der Waals surface area contributed by atoms with Gasteiger partial charge in [-0.25, -0.2) is 0 Å². The van der Waals surface area contributed by atoms with Gasteiger partial charge in [-0.05, 0) is 47.4 Å². The summed E-state index contributed by atoms with van der Waals surface area (Å²) in [5.74, 6) is 0.365. The molecule has 3 aromatic rings. The smallest absolute Gasteiger partial charge is 0.320 e. The first-order valence-corrected chi connectivity index (χ1v) is 8.02. The lowest BCUT2D eigenvalue weighted by atomic mass is 10.1. The van der Waals surface area contributed by atoms with Gasteiger partial charge in [0.1, 0.15) is 17.5 Å². The molecule has 0 spiro atoms. The minimum atomic E-state index is -1.01. The lowest BCUT2D eigenvalue weighted by Crippen LogP contribution is -2.32. The van der Waals surface area contributed by atoms with Crippen LogP contribution in [0, 0.1) is 0 Å². The van der Waals surface area contributed by atoms with Gasteiger partial charge < -0.3 is 15.6 Å². The van der Waals surface area contributed by atoms with Crippen molar-refractivity contribution in [2.45, 2.75) is 12.5 Å². The number of ether oxygens (including phenoxy) is 1. The minimum Gasteiger partial charge on any atom is -0.480 e. The second-order valence-electron chi connectivity index (χ2n) is 5.79. The normalized spacial score (nSPS) is 11.7. The van der Waals surface area contributed by atoms with Gasteiger partial charge in [0.2, 0.25) is 0 Å². The van der Waals surface area contributed by atoms with Gasteiger partial charge in [0, 0.05) is 0 Å². The van der Waals surface area contributed by atoms with Crippen LogP contribution in [0.3, 0.4) is 0 Å². The Balaban J connectivity index is 1.71. The molecule has 0 aromatic heterocycles. The van der Waals surface area contributed by atoms with E-state index in [0.717, 1.165) is 22.4 Å². The topological polar surface area (TPSA) is 72.5 Å². The van der Waals surface area contributed by atoms with Gasteiger partial charge in [0.15, 0.2) is 0 Å². The summed E-state index contributed by atoms with van der Waals surface area (Å²) in [6, 6.07) is 24.4. The molecule has 25 heavy (non-hydrogen) atoms. The fourth-order valence-corrected chi connectivity index (χ4v) is 2.56. The van der Waals surface area contributed by atoms with Gasteiger partial charge in [0.05, 0.1) is 0 Å². The lowest BCUT2D eigenvalue weighted by Gasteiger charge is -2.10. The summed E-state index contributed by atoms with van der Waals surface area (Å²) in [6.45, 7) is 0. The van der Waals surface area contributed by atoms with Crippen LogP contribution >= 0.6 is 0 Å². The molecule has 0 radical (unpaired) electrons. The van der Waals surface area contributed by atoms with Crippen molar-refractivity contribution in [1.82, 2.24) is 0 Å². The zero-order valence-corrected chi connectivity index (χ0v) is 13.6. The van der Waals surface area contributed by atoms with Gasteiger partial charge in [-0.15, -0.1) is 0 Å². The van der Waals surface area contributed by atoms with Crippen molar-refractivity contribution >= 4 is 5.97 Å². The number of carbonyl (C=O) groups is 1. The molecule has 3 aromatic carbocycles. The van der Waals surface area contributed by atoms with Crippen molar-refractivity contribution in [3.05, 3.63) is 84.4 Å². The van der Waals surface area contributed by atoms with E-state index in [1.54, 1.807) is 0 Å². The van der Waals surface area contributed by atoms with E-state index in [0.29, 0.717) is 5.75 Å². The SMILES string of the molecule is NC(Cc1cccc(Oc2ccc(-c3ccccc3)cc2)c1)C(=O)O. The van der Waals surface area contributed by atoms with E-state index in [-0.39, 0.29) is 6.42 Å². The van der Waals surface area contributed by atoms with Crippen LogP contribution in [0.1, 0.15) is 5.56 Å². The molecule has 1 unspecified atom stereocenters. The highest BCUT2D eigenvalue weighted by Crippen LogP contribution is 2.26. The fourth-order valence-electron chi connectivity index (χ4n) is 2.56. The molecule has 126 valence electrons. The Bertz CT molecular complexity index is 845. The van der Waals surface area contributed by atoms with Gasteiger partial charge in [-0.1, -0.05) is 54.6 Å². The van der Waals surface area contributed by atoms with Crippen molar-refractivity contribution in [3.8, 4) is 22.6 Å². The summed E-state index contributed by atoms with van der Waals surface area (Å²) >= 11 is 0. The molecule has 1 atom stereocenters. The molecule has 4 heteroatoms. The standard InChI is InChI=1S/C21H19NO3/c22-20(21(23)24)14-15-5-4-8-19(13-15)25-18-11-9-17(10-12-18)16-6-2-1-3-7-16/h1-13,20H,14,22H2,(H,23,24). The van der Waals surface area contributed by atoms with Crippen LogP contribution in [0.5, 0.6) is 11.5 Å². The summed E-state index contributed by atoms with van der Waals surface area (Å²) in [5.41, 5.74) is 8.68. The van der Waals surface area contributed by atoms with E-state index in [2.05, 4.69) is 12.1 Å². The lowest BCUT2D eigenvalue weighted by molar-refractivity contribution is -0.138. The van der Waals surface area contributed by atoms with E-state index >= 15 is 0 Å². The van der Waals surface area contributed by atoms with Crippen molar-refractivity contribution in [3.63, 3.8) is 0 Å². The average Bonchev–Trinajstić information content (AvgIpc) is 2.63. The quantitative estimate of drug-likeness (QED) is 0.712. The third-order valence-corrected chi connectivity index (χ3v) is 3.87. The van der Waals surface area contributed by atoms with E-state index in [1.165, 1.54) is 0 Å². The number of aliphatic carboxylic acids is 1. The molecule has 3 rings (SSSR count). The Morgan fingerprint density at radius 1 is 0.880 bits per heavy atom. The summed E-state index contributed by atoms with van der Waals surface area (Å²) in [6.07, 6.45) is 0.263. The molecule has 0 saturated carbocycles. The summed E-state index contributed by atoms with van der Waals surface area (Å²) in [7, 11) is 0. The Morgan fingerprint density at radius 3 is 2.24 bits per heavy atom. The highest BCUT2D eigenvalue weighted by atomic mass is 16.5. The molecule has 0 bridgehead atoms. The monoisotopic (exact) mass is 333 g/mol. The number of benzene rings is 3. The van der Waals surface area contributed by atoms with Crippen molar-refractivity contribution in [1.29, 1.82) is 0 Å². The van der Waals surface area contributed by atoms with Gasteiger partial charge in [0.25, 0.3) is 0 Å². The third-order valence-electron chi connectivity index (χ3n) is 3.87. The molecule has 0 aliphatic heterocycles. The maximum absolute atomic E-state index is 10.9. The van der Waals surface area contributed by atoms with Gasteiger partial charge in [-0.2, -0.15) is 0 Å². The maximum Gasteiger partial charge on any atom is 0.320 e. The highest BCUT2D eigenvalue weighted by molar-refractivity contribution is 5.73. The second-order valence-corrected chi connectivity index (χ2v) is 5.79. The zero-order chi connectivity index (χ0) is 17.6. The largest absolute Gasteiger partial charge is 0.480 e. The summed E-state index contributed by atoms with van der Waals surface area (Å²) in [5, 5.41) is 8.91. The summed E-state index contributed by atoms with van der Waals surface area (Å²) in [4.78, 5) is 10.9. The first-order chi connectivity index (χ1) is 12.1. The van der Waals surface area contributed by atoms with Crippen molar-refractivity contribution in [2.24, 2.45) is 5.73 Å². The van der Waals surface area contributed by atoms with Crippen LogP contribution < -0.4 is 10.5 Å². The molecule has 0 amide bonds. The third kappa shape index (κ3) is 4.46. The zero-order valence-electron chi connectivity index (χ0n) is 13.6. The van der Waals surface area contributed by atoms with Crippen LogP contribution in [0.2, 0.25) is 0 Å². The number of carboxylic acid groups (broad SMARTS) is 1. The van der Waals surface area contributed by atoms with Crippen molar-refractivity contribution in [2.75, 3.05) is 0 Å². The summed E-state index contributed by atoms with van der Waals surface area (Å²) < 4.78 is 5.86. The number of rotatable bonds is 6. The molecule has 0 fully saturated rings. The number of nitrogens with two attached hydrogens (primary N) is 1. The van der Waals surface area contributed by atoms with Crippen molar-refractivity contribution < 1.29 is 14.6 Å². The van der Waals surface area contributed by atoms with Gasteiger partial charge in [-0.3, -0.25) is 4.79 Å². The first kappa shape index (κ1) is 16.7. The van der Waals surface area contributed by atoms with E-state index in [4.69, 9.17) is 15.6 Å². The predicted octanol–water partition coefficient (Wildman–Crippen LogP) is 4.10. The Morgan fingerprint density at radius 2 is 1.56 bits per heavy atom. The minimum absolute atomic E-state index is 0.263. The molecular weight excluding hydrogens is 314 g/mol. The Labute approximate surface area is 146 Å². The fraction of sp³-hybridized carbons (Fsp3) is 0.0952. The number of carboxylic acids is 1. The van der Waals surface area contributed by atoms with Crippen LogP contribution in [0.25, 0.3) is 11.1 Å². The molecular formula is C21H19NO3. The molecule has 0 aliphatic carbocycles. The second kappa shape index (κ2) is 7.64. The van der Waals surface area contributed by atoms with Crippen LogP contribution in [-0.4, -0.2) is 17.1 Å². The van der Waals surface area contributed by atoms with Gasteiger partial charge >= 0.3 is 5.97 Å². The van der Waals surface area contributed by atoms with Crippen LogP contribution in [-0.2, 0) is 11.2 Å². The van der Waals surface area contributed by atoms with E-state index in [9.17, 15) is 4.79 Å². The van der Waals surface area contributed by atoms with E-state index in [1.807, 2.05) is 66.7 Å². The Kier molecular flexibility index (Phi) is 5.11. The maximum atomic E-state index is 10.9. The Hall–Kier alpha value is -3.11. The van der Waals surface area contributed by atoms with Crippen LogP contribution in [0.15, 0.2) is 78.9 Å². The molecule has 0 aliphatic rings. The molecule has 4 nitrogen and oxygen atoms in total.